The van der Waals surface area contributed by atoms with Crippen LogP contribution in [0.2, 0.25) is 5.02 Å². The molecule has 4 nitrogen and oxygen atoms in total. The van der Waals surface area contributed by atoms with E-state index >= 15 is 0 Å². The maximum atomic E-state index is 13.1. The van der Waals surface area contributed by atoms with Crippen molar-refractivity contribution in [1.29, 1.82) is 0 Å². The highest BCUT2D eigenvalue weighted by atomic mass is 35.5. The fourth-order valence-corrected chi connectivity index (χ4v) is 3.69. The molecular weight excluding hydrogens is 391 g/mol. The Balaban J connectivity index is 1.33. The third kappa shape index (κ3) is 4.15. The number of halogens is 2. The maximum Gasteiger partial charge on any atom is 0.407 e. The van der Waals surface area contributed by atoms with E-state index in [-0.39, 0.29) is 24.1 Å². The molecule has 0 bridgehead atoms. The predicted octanol–water partition coefficient (Wildman–Crippen LogP) is 5.43. The van der Waals surface area contributed by atoms with Gasteiger partial charge in [0.05, 0.1) is 5.02 Å². The molecule has 146 valence electrons. The van der Waals surface area contributed by atoms with Crippen molar-refractivity contribution in [3.63, 3.8) is 0 Å². The molecule has 1 heterocycles. The van der Waals surface area contributed by atoms with E-state index in [0.29, 0.717) is 5.56 Å². The molecule has 0 saturated carbocycles. The fraction of sp³-hybridized carbons (Fsp3) is 0.130. The van der Waals surface area contributed by atoms with Gasteiger partial charge in [-0.1, -0.05) is 72.3 Å². The number of carbonyl (C=O) groups is 1. The topological polar surface area (TPSA) is 51.2 Å². The van der Waals surface area contributed by atoms with Gasteiger partial charge in [-0.3, -0.25) is 0 Å². The fourth-order valence-electron chi connectivity index (χ4n) is 3.51. The number of hydrogen-bond acceptors (Lipinski definition) is 3. The number of carbonyl (C=O) groups excluding carboxylic acids is 1. The van der Waals surface area contributed by atoms with Gasteiger partial charge >= 0.3 is 6.09 Å². The average molecular weight is 409 g/mol. The second-order valence-electron chi connectivity index (χ2n) is 6.65. The van der Waals surface area contributed by atoms with Crippen LogP contribution >= 0.6 is 11.6 Å². The van der Waals surface area contributed by atoms with Crippen LogP contribution in [0.15, 0.2) is 66.9 Å². The van der Waals surface area contributed by atoms with Crippen molar-refractivity contribution in [2.75, 3.05) is 13.2 Å². The normalized spacial score (nSPS) is 12.6. The second-order valence-corrected chi connectivity index (χ2v) is 7.06. The van der Waals surface area contributed by atoms with E-state index in [2.05, 4.69) is 34.6 Å². The number of aromatic nitrogens is 1. The van der Waals surface area contributed by atoms with E-state index in [1.807, 2.05) is 24.3 Å². The Morgan fingerprint density at radius 2 is 1.79 bits per heavy atom. The molecule has 0 radical (unpaired) electrons. The summed E-state index contributed by atoms with van der Waals surface area (Å²) < 4.78 is 18.5. The van der Waals surface area contributed by atoms with Gasteiger partial charge < -0.3 is 10.1 Å². The molecule has 0 fully saturated rings. The Morgan fingerprint density at radius 3 is 2.45 bits per heavy atom. The SMILES string of the molecule is O=C(NCC=Cc1cnc(F)c(Cl)c1)OCC1c2ccccc2-c2ccccc21. The lowest BCUT2D eigenvalue weighted by atomic mass is 9.98. The Kier molecular flexibility index (Phi) is 5.58. The number of amides is 1. The van der Waals surface area contributed by atoms with Gasteiger partial charge in [0, 0.05) is 18.7 Å². The van der Waals surface area contributed by atoms with Crippen molar-refractivity contribution in [3.05, 3.63) is 94.5 Å². The number of nitrogens with zero attached hydrogens (tertiary/aromatic N) is 1. The number of benzene rings is 2. The standard InChI is InChI=1S/C23H18ClFN2O2/c24-21-12-15(13-27-22(21)25)6-5-11-26-23(28)29-14-20-18-9-3-1-7-16(18)17-8-2-4-10-19(17)20/h1-10,12-13,20H,11,14H2,(H,26,28). The van der Waals surface area contributed by atoms with E-state index in [4.69, 9.17) is 16.3 Å². The molecular formula is C23H18ClFN2O2. The summed E-state index contributed by atoms with van der Waals surface area (Å²) in [6.07, 6.45) is 4.28. The lowest BCUT2D eigenvalue weighted by molar-refractivity contribution is 0.144. The summed E-state index contributed by atoms with van der Waals surface area (Å²) in [5, 5.41) is 2.63. The Labute approximate surface area is 173 Å². The van der Waals surface area contributed by atoms with Gasteiger partial charge in [-0.25, -0.2) is 9.78 Å². The molecule has 1 aliphatic carbocycles. The summed E-state index contributed by atoms with van der Waals surface area (Å²) in [6.45, 7) is 0.534. The highest BCUT2D eigenvalue weighted by Gasteiger charge is 2.28. The predicted molar refractivity (Wildman–Crippen MR) is 111 cm³/mol. The van der Waals surface area contributed by atoms with E-state index < -0.39 is 12.0 Å². The van der Waals surface area contributed by atoms with E-state index in [1.54, 1.807) is 12.2 Å². The van der Waals surface area contributed by atoms with Crippen molar-refractivity contribution in [2.45, 2.75) is 5.92 Å². The average Bonchev–Trinajstić information content (AvgIpc) is 3.06. The van der Waals surface area contributed by atoms with Crippen molar-refractivity contribution in [3.8, 4) is 11.1 Å². The van der Waals surface area contributed by atoms with Crippen LogP contribution in [-0.2, 0) is 4.74 Å². The minimum Gasteiger partial charge on any atom is -0.449 e. The number of rotatable bonds is 5. The molecule has 1 amide bonds. The zero-order valence-electron chi connectivity index (χ0n) is 15.4. The van der Waals surface area contributed by atoms with Crippen LogP contribution in [0.3, 0.4) is 0 Å². The van der Waals surface area contributed by atoms with Crippen molar-refractivity contribution in [1.82, 2.24) is 10.3 Å². The summed E-state index contributed by atoms with van der Waals surface area (Å²) in [5.74, 6) is -0.684. The van der Waals surface area contributed by atoms with E-state index in [1.165, 1.54) is 34.5 Å². The zero-order valence-corrected chi connectivity index (χ0v) is 16.2. The number of fused-ring (bicyclic) bond motifs is 3. The van der Waals surface area contributed by atoms with Crippen LogP contribution in [0.1, 0.15) is 22.6 Å². The van der Waals surface area contributed by atoms with Crippen LogP contribution in [0.25, 0.3) is 17.2 Å². The highest BCUT2D eigenvalue weighted by Crippen LogP contribution is 2.44. The van der Waals surface area contributed by atoms with Crippen LogP contribution < -0.4 is 5.32 Å². The molecule has 3 aromatic rings. The van der Waals surface area contributed by atoms with Crippen LogP contribution in [0, 0.1) is 5.95 Å². The van der Waals surface area contributed by atoms with Gasteiger partial charge in [0.2, 0.25) is 5.95 Å². The monoisotopic (exact) mass is 408 g/mol. The van der Waals surface area contributed by atoms with Crippen molar-refractivity contribution in [2.24, 2.45) is 0 Å². The minimum atomic E-state index is -0.708. The lowest BCUT2D eigenvalue weighted by Gasteiger charge is -2.14. The quantitative estimate of drug-likeness (QED) is 0.573. The summed E-state index contributed by atoms with van der Waals surface area (Å²) >= 11 is 5.69. The Hall–Kier alpha value is -3.18. The molecule has 2 aromatic carbocycles. The number of pyridine rings is 1. The molecule has 0 spiro atoms. The Morgan fingerprint density at radius 1 is 1.14 bits per heavy atom. The number of alkyl carbamates (subject to hydrolysis) is 1. The zero-order chi connectivity index (χ0) is 20.2. The number of nitrogens with one attached hydrogen (secondary N) is 1. The van der Waals surface area contributed by atoms with Gasteiger partial charge in [0.1, 0.15) is 6.61 Å². The van der Waals surface area contributed by atoms with Gasteiger partial charge in [0.15, 0.2) is 0 Å². The molecule has 6 heteroatoms. The van der Waals surface area contributed by atoms with E-state index in [0.717, 1.165) is 0 Å². The molecule has 29 heavy (non-hydrogen) atoms. The first kappa shape index (κ1) is 19.2. The molecule has 1 aliphatic rings. The van der Waals surface area contributed by atoms with Crippen LogP contribution in [0.5, 0.6) is 0 Å². The number of ether oxygens (including phenoxy) is 1. The summed E-state index contributed by atoms with van der Waals surface area (Å²) in [4.78, 5) is 15.6. The molecule has 1 N–H and O–H groups in total. The van der Waals surface area contributed by atoms with Gasteiger partial charge in [-0.2, -0.15) is 4.39 Å². The molecule has 0 atom stereocenters. The van der Waals surface area contributed by atoms with Crippen LogP contribution in [0.4, 0.5) is 9.18 Å². The smallest absolute Gasteiger partial charge is 0.407 e. The first-order valence-corrected chi connectivity index (χ1v) is 9.57. The van der Waals surface area contributed by atoms with Crippen molar-refractivity contribution < 1.29 is 13.9 Å². The summed E-state index contributed by atoms with van der Waals surface area (Å²) in [5.41, 5.74) is 5.35. The third-order valence-corrected chi connectivity index (χ3v) is 5.10. The third-order valence-electron chi connectivity index (χ3n) is 4.84. The van der Waals surface area contributed by atoms with E-state index in [9.17, 15) is 9.18 Å². The summed E-state index contributed by atoms with van der Waals surface area (Å²) in [7, 11) is 0. The molecule has 1 aromatic heterocycles. The Bertz CT molecular complexity index is 1040. The molecule has 0 aliphatic heterocycles. The first-order valence-electron chi connectivity index (χ1n) is 9.20. The van der Waals surface area contributed by atoms with Gasteiger partial charge in [0.25, 0.3) is 0 Å². The highest BCUT2D eigenvalue weighted by molar-refractivity contribution is 6.30. The van der Waals surface area contributed by atoms with Gasteiger partial charge in [-0.15, -0.1) is 0 Å². The largest absolute Gasteiger partial charge is 0.449 e. The molecule has 0 unspecified atom stereocenters. The number of hydrogen-bond donors (Lipinski definition) is 1. The lowest BCUT2D eigenvalue weighted by Crippen LogP contribution is -2.26. The second kappa shape index (κ2) is 8.45. The minimum absolute atomic E-state index is 0.0242. The molecule has 4 rings (SSSR count). The molecule has 0 saturated heterocycles. The van der Waals surface area contributed by atoms with Crippen molar-refractivity contribution >= 4 is 23.8 Å². The maximum absolute atomic E-state index is 13.1. The first-order chi connectivity index (χ1) is 14.1. The summed E-state index contributed by atoms with van der Waals surface area (Å²) in [6, 6.07) is 17.8. The van der Waals surface area contributed by atoms with Gasteiger partial charge in [-0.05, 0) is 33.9 Å². The van der Waals surface area contributed by atoms with Crippen LogP contribution in [-0.4, -0.2) is 24.2 Å².